The Balaban J connectivity index is 2.14. The van der Waals surface area contributed by atoms with Crippen LogP contribution in [0.4, 0.5) is 4.79 Å². The maximum atomic E-state index is 11.4. The summed E-state index contributed by atoms with van der Waals surface area (Å²) >= 11 is 0. The van der Waals surface area contributed by atoms with Gasteiger partial charge in [-0.25, -0.2) is 4.79 Å². The summed E-state index contributed by atoms with van der Waals surface area (Å²) in [7, 11) is 0. The molecular weight excluding hydrogens is 256 g/mol. The average molecular weight is 280 g/mol. The lowest BCUT2D eigenvalue weighted by Crippen LogP contribution is -2.36. The lowest BCUT2D eigenvalue weighted by molar-refractivity contribution is 0.0528. The Morgan fingerprint density at radius 2 is 1.75 bits per heavy atom. The molecule has 0 aliphatic rings. The molecule has 0 radical (unpaired) electrons. The van der Waals surface area contributed by atoms with Crippen molar-refractivity contribution < 1.29 is 14.6 Å². The van der Waals surface area contributed by atoms with Crippen molar-refractivity contribution in [1.82, 2.24) is 10.6 Å². The average Bonchev–Trinajstić information content (AvgIpc) is 2.37. The van der Waals surface area contributed by atoms with Gasteiger partial charge < -0.3 is 20.5 Å². The summed E-state index contributed by atoms with van der Waals surface area (Å²) in [6, 6.07) is 7.74. The van der Waals surface area contributed by atoms with Crippen LogP contribution in [0.15, 0.2) is 24.3 Å². The molecule has 0 bridgehead atoms. The van der Waals surface area contributed by atoms with E-state index in [4.69, 9.17) is 9.84 Å². The first-order valence-electron chi connectivity index (χ1n) is 6.77. The molecule has 3 N–H and O–H groups in total. The van der Waals surface area contributed by atoms with E-state index in [0.29, 0.717) is 13.1 Å². The molecule has 1 aromatic rings. The van der Waals surface area contributed by atoms with Crippen molar-refractivity contribution in [3.63, 3.8) is 0 Å². The van der Waals surface area contributed by atoms with E-state index >= 15 is 0 Å². The number of rotatable bonds is 6. The minimum absolute atomic E-state index is 0.0630. The molecule has 0 unspecified atom stereocenters. The zero-order valence-corrected chi connectivity index (χ0v) is 12.4. The largest absolute Gasteiger partial charge is 0.444 e. The van der Waals surface area contributed by atoms with Crippen LogP contribution in [-0.2, 0) is 17.9 Å². The van der Waals surface area contributed by atoms with Crippen LogP contribution in [0.5, 0.6) is 0 Å². The number of ether oxygens (including phenoxy) is 1. The summed E-state index contributed by atoms with van der Waals surface area (Å²) in [6.45, 7) is 7.47. The molecule has 0 heterocycles. The predicted octanol–water partition coefficient (Wildman–Crippen LogP) is 1.79. The monoisotopic (exact) mass is 280 g/mol. The van der Waals surface area contributed by atoms with E-state index in [1.54, 1.807) is 0 Å². The third-order valence-corrected chi connectivity index (χ3v) is 2.50. The van der Waals surface area contributed by atoms with Gasteiger partial charge in [-0.1, -0.05) is 24.3 Å². The first-order chi connectivity index (χ1) is 9.40. The van der Waals surface area contributed by atoms with Crippen LogP contribution in [0.2, 0.25) is 0 Å². The second-order valence-electron chi connectivity index (χ2n) is 5.58. The number of aliphatic hydroxyl groups excluding tert-OH is 1. The highest BCUT2D eigenvalue weighted by Gasteiger charge is 2.15. The molecule has 5 nitrogen and oxygen atoms in total. The number of hydrogen-bond donors (Lipinski definition) is 3. The number of benzene rings is 1. The van der Waals surface area contributed by atoms with Gasteiger partial charge >= 0.3 is 6.09 Å². The summed E-state index contributed by atoms with van der Waals surface area (Å²) in [5.74, 6) is 0. The van der Waals surface area contributed by atoms with Crippen molar-refractivity contribution in [3.05, 3.63) is 35.4 Å². The lowest BCUT2D eigenvalue weighted by Gasteiger charge is -2.19. The predicted molar refractivity (Wildman–Crippen MR) is 78.3 cm³/mol. The van der Waals surface area contributed by atoms with Crippen LogP contribution in [0.25, 0.3) is 0 Å². The molecule has 0 atom stereocenters. The normalized spacial score (nSPS) is 11.2. The second-order valence-corrected chi connectivity index (χ2v) is 5.58. The number of amides is 1. The molecule has 0 saturated heterocycles. The van der Waals surface area contributed by atoms with Crippen molar-refractivity contribution in [2.75, 3.05) is 13.1 Å². The van der Waals surface area contributed by atoms with Gasteiger partial charge in [-0.15, -0.1) is 0 Å². The van der Waals surface area contributed by atoms with Gasteiger partial charge in [-0.3, -0.25) is 0 Å². The highest BCUT2D eigenvalue weighted by molar-refractivity contribution is 5.67. The maximum Gasteiger partial charge on any atom is 0.407 e. The van der Waals surface area contributed by atoms with E-state index in [9.17, 15) is 4.79 Å². The number of nitrogens with one attached hydrogen (secondary N) is 2. The first kappa shape index (κ1) is 16.5. The number of carbonyl (C=O) groups is 1. The van der Waals surface area contributed by atoms with Crippen molar-refractivity contribution in [2.45, 2.75) is 39.5 Å². The highest BCUT2D eigenvalue weighted by Crippen LogP contribution is 2.06. The van der Waals surface area contributed by atoms with Crippen molar-refractivity contribution in [1.29, 1.82) is 0 Å². The Morgan fingerprint density at radius 1 is 1.15 bits per heavy atom. The first-order valence-corrected chi connectivity index (χ1v) is 6.77. The second kappa shape index (κ2) is 7.87. The number of aliphatic hydroxyl groups is 1. The molecule has 0 spiro atoms. The number of carbonyl (C=O) groups excluding carboxylic acids is 1. The van der Waals surface area contributed by atoms with Gasteiger partial charge in [0.2, 0.25) is 0 Å². The Bertz CT molecular complexity index is 410. The van der Waals surface area contributed by atoms with E-state index in [-0.39, 0.29) is 6.61 Å². The molecule has 0 aromatic heterocycles. The standard InChI is InChI=1S/C15H24N2O3/c1-15(2,3)20-14(19)17-9-8-16-10-12-4-6-13(11-18)7-5-12/h4-7,16,18H,8-11H2,1-3H3,(H,17,19). The molecule has 0 saturated carbocycles. The molecule has 1 rings (SSSR count). The molecular formula is C15H24N2O3. The zero-order valence-electron chi connectivity index (χ0n) is 12.4. The summed E-state index contributed by atoms with van der Waals surface area (Å²) < 4.78 is 5.13. The van der Waals surface area contributed by atoms with E-state index in [0.717, 1.165) is 17.7 Å². The van der Waals surface area contributed by atoms with Gasteiger partial charge in [0.1, 0.15) is 5.60 Å². The van der Waals surface area contributed by atoms with E-state index in [1.165, 1.54) is 0 Å². The van der Waals surface area contributed by atoms with Gasteiger partial charge in [0.25, 0.3) is 0 Å². The minimum atomic E-state index is -0.466. The number of alkyl carbamates (subject to hydrolysis) is 1. The summed E-state index contributed by atoms with van der Waals surface area (Å²) in [5, 5.41) is 14.9. The molecule has 1 aromatic carbocycles. The Kier molecular flexibility index (Phi) is 6.48. The van der Waals surface area contributed by atoms with Crippen LogP contribution in [0.3, 0.4) is 0 Å². The molecule has 5 heteroatoms. The zero-order chi connectivity index (χ0) is 15.0. The molecule has 20 heavy (non-hydrogen) atoms. The third kappa shape index (κ3) is 7.11. The van der Waals surface area contributed by atoms with Gasteiger partial charge in [0.15, 0.2) is 0 Å². The van der Waals surface area contributed by atoms with Crippen molar-refractivity contribution >= 4 is 6.09 Å². The van der Waals surface area contributed by atoms with Gasteiger partial charge in [0.05, 0.1) is 6.61 Å². The minimum Gasteiger partial charge on any atom is -0.444 e. The summed E-state index contributed by atoms with van der Waals surface area (Å²) in [4.78, 5) is 11.4. The smallest absolute Gasteiger partial charge is 0.407 e. The van der Waals surface area contributed by atoms with Gasteiger partial charge in [-0.05, 0) is 31.9 Å². The quantitative estimate of drug-likeness (QED) is 0.695. The van der Waals surface area contributed by atoms with Crippen LogP contribution < -0.4 is 10.6 Å². The van der Waals surface area contributed by atoms with Crippen LogP contribution in [0, 0.1) is 0 Å². The van der Waals surface area contributed by atoms with E-state index in [2.05, 4.69) is 10.6 Å². The van der Waals surface area contributed by atoms with E-state index < -0.39 is 11.7 Å². The fraction of sp³-hybridized carbons (Fsp3) is 0.533. The SMILES string of the molecule is CC(C)(C)OC(=O)NCCNCc1ccc(CO)cc1. The van der Waals surface area contributed by atoms with Gasteiger partial charge in [-0.2, -0.15) is 0 Å². The third-order valence-electron chi connectivity index (χ3n) is 2.50. The Morgan fingerprint density at radius 3 is 2.30 bits per heavy atom. The molecule has 112 valence electrons. The summed E-state index contributed by atoms with van der Waals surface area (Å²) in [5.41, 5.74) is 1.58. The summed E-state index contributed by atoms with van der Waals surface area (Å²) in [6.07, 6.45) is -0.397. The molecule has 0 aliphatic carbocycles. The molecule has 0 fully saturated rings. The fourth-order valence-corrected chi connectivity index (χ4v) is 1.56. The van der Waals surface area contributed by atoms with Gasteiger partial charge in [0, 0.05) is 19.6 Å². The highest BCUT2D eigenvalue weighted by atomic mass is 16.6. The molecule has 0 aliphatic heterocycles. The topological polar surface area (TPSA) is 70.6 Å². The maximum absolute atomic E-state index is 11.4. The Hall–Kier alpha value is -1.59. The fourth-order valence-electron chi connectivity index (χ4n) is 1.56. The van der Waals surface area contributed by atoms with Crippen LogP contribution in [-0.4, -0.2) is 29.9 Å². The van der Waals surface area contributed by atoms with Crippen molar-refractivity contribution in [3.8, 4) is 0 Å². The molecule has 1 amide bonds. The number of hydrogen-bond acceptors (Lipinski definition) is 4. The Labute approximate surface area is 120 Å². The lowest BCUT2D eigenvalue weighted by atomic mass is 10.1. The van der Waals surface area contributed by atoms with Crippen LogP contribution in [0.1, 0.15) is 31.9 Å². The van der Waals surface area contributed by atoms with E-state index in [1.807, 2.05) is 45.0 Å². The van der Waals surface area contributed by atoms with Crippen molar-refractivity contribution in [2.24, 2.45) is 0 Å². The van der Waals surface area contributed by atoms with Crippen LogP contribution >= 0.6 is 0 Å².